The molecular formula is C15H18N4O2S. The monoisotopic (exact) mass is 318 g/mol. The van der Waals surface area contributed by atoms with E-state index in [9.17, 15) is 9.90 Å². The number of nitrogens with zero attached hydrogens (tertiary/aromatic N) is 4. The molecule has 2 atom stereocenters. The van der Waals surface area contributed by atoms with Crippen LogP contribution in [0.4, 0.5) is 0 Å². The number of fused-ring (bicyclic) bond motifs is 1. The molecule has 6 nitrogen and oxygen atoms in total. The summed E-state index contributed by atoms with van der Waals surface area (Å²) >= 11 is 1.59. The number of hydrogen-bond acceptors (Lipinski definition) is 5. The third-order valence-corrected chi connectivity index (χ3v) is 5.78. The van der Waals surface area contributed by atoms with Gasteiger partial charge in [-0.15, -0.1) is 11.3 Å². The number of thiazole rings is 1. The highest BCUT2D eigenvalue weighted by Gasteiger charge is 2.65. The Morgan fingerprint density at radius 3 is 3.18 bits per heavy atom. The lowest BCUT2D eigenvalue weighted by Gasteiger charge is -2.32. The molecule has 0 bridgehead atoms. The standard InChI is InChI=1S/C15H18N4O2S/c1-18-7-10(6-16-18)13-17-12(9-22-13)8-19-4-2-3-11-5-15(11,19)14(20)21/h6-7,9,11H,2-5,8H2,1H3,(H,20,21)/t11-,15+/m1/s1. The first-order chi connectivity index (χ1) is 10.6. The van der Waals surface area contributed by atoms with Crippen molar-refractivity contribution in [2.75, 3.05) is 6.54 Å². The van der Waals surface area contributed by atoms with Gasteiger partial charge in [-0.05, 0) is 31.7 Å². The van der Waals surface area contributed by atoms with Gasteiger partial charge in [0.05, 0.1) is 11.9 Å². The molecule has 2 fully saturated rings. The zero-order valence-corrected chi connectivity index (χ0v) is 13.2. The second kappa shape index (κ2) is 4.89. The molecule has 1 N–H and O–H groups in total. The van der Waals surface area contributed by atoms with E-state index in [1.165, 1.54) is 0 Å². The maximum atomic E-state index is 11.7. The molecule has 1 saturated heterocycles. The summed E-state index contributed by atoms with van der Waals surface area (Å²) in [5, 5.41) is 16.7. The van der Waals surface area contributed by atoms with E-state index in [4.69, 9.17) is 0 Å². The average molecular weight is 318 g/mol. The highest BCUT2D eigenvalue weighted by Crippen LogP contribution is 2.54. The normalized spacial score (nSPS) is 27.6. The van der Waals surface area contributed by atoms with Crippen molar-refractivity contribution in [2.45, 2.75) is 31.3 Å². The second-order valence-corrected chi connectivity index (χ2v) is 7.10. The van der Waals surface area contributed by atoms with Crippen molar-refractivity contribution >= 4 is 17.3 Å². The number of aromatic nitrogens is 3. The Kier molecular flexibility index (Phi) is 3.09. The highest BCUT2D eigenvalue weighted by molar-refractivity contribution is 7.13. The first-order valence-corrected chi connectivity index (χ1v) is 8.39. The summed E-state index contributed by atoms with van der Waals surface area (Å²) in [6.45, 7) is 1.47. The summed E-state index contributed by atoms with van der Waals surface area (Å²) in [7, 11) is 1.88. The fourth-order valence-electron chi connectivity index (χ4n) is 3.63. The quantitative estimate of drug-likeness (QED) is 0.933. The SMILES string of the molecule is Cn1cc(-c2nc(CN3CCC[C@@H]4C[C@@]43C(=O)O)cs2)cn1. The molecule has 0 unspecified atom stereocenters. The van der Waals surface area contributed by atoms with E-state index in [0.29, 0.717) is 12.5 Å². The Morgan fingerprint density at radius 2 is 2.45 bits per heavy atom. The number of likely N-dealkylation sites (tertiary alicyclic amines) is 1. The number of aryl methyl sites for hydroxylation is 1. The Hall–Kier alpha value is -1.73. The van der Waals surface area contributed by atoms with Crippen LogP contribution in [0.15, 0.2) is 17.8 Å². The summed E-state index contributed by atoms with van der Waals surface area (Å²) < 4.78 is 1.76. The van der Waals surface area contributed by atoms with Gasteiger partial charge in [0.25, 0.3) is 0 Å². The van der Waals surface area contributed by atoms with Crippen LogP contribution in [-0.4, -0.2) is 42.8 Å². The van der Waals surface area contributed by atoms with Crippen LogP contribution in [0.25, 0.3) is 10.6 Å². The summed E-state index contributed by atoms with van der Waals surface area (Å²) in [6, 6.07) is 0. The number of carboxylic acids is 1. The fourth-order valence-corrected chi connectivity index (χ4v) is 4.42. The van der Waals surface area contributed by atoms with Crippen LogP contribution in [0, 0.1) is 5.92 Å². The molecule has 1 aliphatic heterocycles. The minimum atomic E-state index is -0.667. The fraction of sp³-hybridized carbons (Fsp3) is 0.533. The van der Waals surface area contributed by atoms with Gasteiger partial charge in [-0.1, -0.05) is 0 Å². The van der Waals surface area contributed by atoms with Crippen LogP contribution in [0.1, 0.15) is 25.0 Å². The van der Waals surface area contributed by atoms with Crippen LogP contribution in [0.5, 0.6) is 0 Å². The third kappa shape index (κ3) is 2.07. The third-order valence-electron chi connectivity index (χ3n) is 4.84. The van der Waals surface area contributed by atoms with E-state index in [1.807, 2.05) is 18.6 Å². The van der Waals surface area contributed by atoms with E-state index in [1.54, 1.807) is 22.2 Å². The van der Waals surface area contributed by atoms with Gasteiger partial charge in [-0.3, -0.25) is 14.4 Å². The van der Waals surface area contributed by atoms with Crippen LogP contribution < -0.4 is 0 Å². The Morgan fingerprint density at radius 1 is 1.59 bits per heavy atom. The lowest BCUT2D eigenvalue weighted by atomic mass is 10.0. The molecule has 22 heavy (non-hydrogen) atoms. The van der Waals surface area contributed by atoms with Crippen molar-refractivity contribution in [3.63, 3.8) is 0 Å². The zero-order chi connectivity index (χ0) is 15.3. The molecule has 4 rings (SSSR count). The van der Waals surface area contributed by atoms with E-state index >= 15 is 0 Å². The van der Waals surface area contributed by atoms with E-state index in [2.05, 4.69) is 15.0 Å². The summed E-state index contributed by atoms with van der Waals surface area (Å²) in [6.07, 6.45) is 6.67. The number of hydrogen-bond donors (Lipinski definition) is 1. The van der Waals surface area contributed by atoms with Crippen LogP contribution in [0.2, 0.25) is 0 Å². The summed E-state index contributed by atoms with van der Waals surface area (Å²) in [5.74, 6) is -0.338. The van der Waals surface area contributed by atoms with Gasteiger partial charge >= 0.3 is 5.97 Å². The van der Waals surface area contributed by atoms with Gasteiger partial charge in [0.2, 0.25) is 0 Å². The van der Waals surface area contributed by atoms with E-state index < -0.39 is 11.5 Å². The molecule has 2 aromatic rings. The number of aliphatic carboxylic acids is 1. The van der Waals surface area contributed by atoms with Gasteiger partial charge in [0.1, 0.15) is 10.5 Å². The summed E-state index contributed by atoms with van der Waals surface area (Å²) in [4.78, 5) is 18.5. The van der Waals surface area contributed by atoms with Crippen LogP contribution in [-0.2, 0) is 18.4 Å². The van der Waals surface area contributed by atoms with Crippen LogP contribution in [0.3, 0.4) is 0 Å². The topological polar surface area (TPSA) is 71.2 Å². The van der Waals surface area contributed by atoms with Gasteiger partial charge in [-0.2, -0.15) is 5.10 Å². The van der Waals surface area contributed by atoms with Gasteiger partial charge in [0, 0.05) is 30.7 Å². The Balaban J connectivity index is 1.54. The first kappa shape index (κ1) is 13.9. The minimum Gasteiger partial charge on any atom is -0.480 e. The Labute approximate surface area is 132 Å². The number of rotatable bonds is 4. The molecule has 2 aromatic heterocycles. The maximum Gasteiger partial charge on any atom is 0.324 e. The number of carbonyl (C=O) groups is 1. The largest absolute Gasteiger partial charge is 0.480 e. The zero-order valence-electron chi connectivity index (χ0n) is 12.4. The molecule has 0 radical (unpaired) electrons. The van der Waals surface area contributed by atoms with Gasteiger partial charge < -0.3 is 5.11 Å². The van der Waals surface area contributed by atoms with Crippen molar-refractivity contribution in [1.29, 1.82) is 0 Å². The predicted molar refractivity (Wildman–Crippen MR) is 82.4 cm³/mol. The molecule has 2 aliphatic rings. The lowest BCUT2D eigenvalue weighted by molar-refractivity contribution is -0.147. The van der Waals surface area contributed by atoms with E-state index in [-0.39, 0.29) is 0 Å². The average Bonchev–Trinajstić information content (AvgIpc) is 2.83. The van der Waals surface area contributed by atoms with Gasteiger partial charge in [-0.25, -0.2) is 4.98 Å². The Bertz CT molecular complexity index is 725. The van der Waals surface area contributed by atoms with Crippen molar-refractivity contribution in [3.8, 4) is 10.6 Å². The molecule has 1 saturated carbocycles. The smallest absolute Gasteiger partial charge is 0.324 e. The first-order valence-electron chi connectivity index (χ1n) is 7.51. The predicted octanol–water partition coefficient (Wildman–Crippen LogP) is 1.98. The molecule has 3 heterocycles. The molecule has 7 heteroatoms. The van der Waals surface area contributed by atoms with Crippen molar-refractivity contribution in [2.24, 2.45) is 13.0 Å². The molecule has 1 aliphatic carbocycles. The molecule has 0 aromatic carbocycles. The molecular weight excluding hydrogens is 300 g/mol. The minimum absolute atomic E-state index is 0.329. The number of carboxylic acid groups (broad SMARTS) is 1. The van der Waals surface area contributed by atoms with Crippen molar-refractivity contribution in [1.82, 2.24) is 19.7 Å². The van der Waals surface area contributed by atoms with E-state index in [0.717, 1.165) is 42.1 Å². The molecule has 116 valence electrons. The maximum absolute atomic E-state index is 11.7. The lowest BCUT2D eigenvalue weighted by Crippen LogP contribution is -2.47. The second-order valence-electron chi connectivity index (χ2n) is 6.24. The van der Waals surface area contributed by atoms with Crippen molar-refractivity contribution < 1.29 is 9.90 Å². The highest BCUT2D eigenvalue weighted by atomic mass is 32.1. The number of piperidine rings is 1. The van der Waals surface area contributed by atoms with Crippen molar-refractivity contribution in [3.05, 3.63) is 23.5 Å². The molecule has 0 amide bonds. The van der Waals surface area contributed by atoms with Gasteiger partial charge in [0.15, 0.2) is 0 Å². The van der Waals surface area contributed by atoms with Crippen LogP contribution >= 0.6 is 11.3 Å². The summed E-state index contributed by atoms with van der Waals surface area (Å²) in [5.41, 5.74) is 1.35. The molecule has 0 spiro atoms.